The Morgan fingerprint density at radius 2 is 1.75 bits per heavy atom. The van der Waals surface area contributed by atoms with Gasteiger partial charge in [-0.05, 0) is 74.0 Å². The summed E-state index contributed by atoms with van der Waals surface area (Å²) in [6, 6.07) is 10.3. The van der Waals surface area contributed by atoms with Gasteiger partial charge in [0, 0.05) is 6.04 Å². The second-order valence-electron chi connectivity index (χ2n) is 7.68. The molecule has 20 heavy (non-hydrogen) atoms. The SMILES string of the molecule is CC1(C)CCC(c2ccc(CC3CCCN3)cc2)CC1. The molecule has 1 unspecified atom stereocenters. The highest BCUT2D eigenvalue weighted by Gasteiger charge is 2.27. The molecule has 1 heterocycles. The van der Waals surface area contributed by atoms with Crippen molar-refractivity contribution in [1.82, 2.24) is 5.32 Å². The lowest BCUT2D eigenvalue weighted by Crippen LogP contribution is -2.23. The molecule has 3 rings (SSSR count). The van der Waals surface area contributed by atoms with Gasteiger partial charge in [0.25, 0.3) is 0 Å². The molecule has 0 bridgehead atoms. The van der Waals surface area contributed by atoms with Gasteiger partial charge in [-0.3, -0.25) is 0 Å². The molecule has 1 heteroatoms. The summed E-state index contributed by atoms with van der Waals surface area (Å²) >= 11 is 0. The lowest BCUT2D eigenvalue weighted by atomic mass is 9.71. The normalized spacial score (nSPS) is 26.8. The maximum Gasteiger partial charge on any atom is 0.0108 e. The molecule has 2 fully saturated rings. The van der Waals surface area contributed by atoms with Crippen molar-refractivity contribution in [3.8, 4) is 0 Å². The molecule has 1 N–H and O–H groups in total. The highest BCUT2D eigenvalue weighted by molar-refractivity contribution is 5.26. The zero-order valence-corrected chi connectivity index (χ0v) is 13.1. The number of hydrogen-bond donors (Lipinski definition) is 1. The Balaban J connectivity index is 1.58. The van der Waals surface area contributed by atoms with Crippen LogP contribution in [0.15, 0.2) is 24.3 Å². The van der Waals surface area contributed by atoms with Crippen LogP contribution in [0.2, 0.25) is 0 Å². The number of hydrogen-bond acceptors (Lipinski definition) is 1. The van der Waals surface area contributed by atoms with E-state index in [0.29, 0.717) is 5.41 Å². The summed E-state index contributed by atoms with van der Waals surface area (Å²) in [6.45, 7) is 6.04. The topological polar surface area (TPSA) is 12.0 Å². The third-order valence-corrected chi connectivity index (χ3v) is 5.43. The van der Waals surface area contributed by atoms with Crippen molar-refractivity contribution >= 4 is 0 Å². The second-order valence-corrected chi connectivity index (χ2v) is 7.68. The van der Waals surface area contributed by atoms with Gasteiger partial charge in [0.2, 0.25) is 0 Å². The highest BCUT2D eigenvalue weighted by atomic mass is 14.9. The predicted octanol–water partition coefficient (Wildman–Crippen LogP) is 4.66. The standard InChI is InChI=1S/C19H29N/c1-19(2)11-9-17(10-12-19)16-7-5-15(6-8-16)14-18-4-3-13-20-18/h5-8,17-18,20H,3-4,9-14H2,1-2H3. The minimum absolute atomic E-state index is 0.574. The molecule has 2 aliphatic rings. The molecule has 0 spiro atoms. The summed E-state index contributed by atoms with van der Waals surface area (Å²) < 4.78 is 0. The van der Waals surface area contributed by atoms with Crippen molar-refractivity contribution in [2.45, 2.75) is 70.8 Å². The molecule has 1 aliphatic carbocycles. The van der Waals surface area contributed by atoms with Gasteiger partial charge < -0.3 is 5.32 Å². The average Bonchev–Trinajstić information content (AvgIpc) is 2.93. The van der Waals surface area contributed by atoms with Crippen molar-refractivity contribution in [3.63, 3.8) is 0 Å². The Bertz CT molecular complexity index is 416. The summed E-state index contributed by atoms with van der Waals surface area (Å²) in [5.74, 6) is 0.807. The fraction of sp³-hybridized carbons (Fsp3) is 0.684. The smallest absolute Gasteiger partial charge is 0.0108 e. The van der Waals surface area contributed by atoms with Gasteiger partial charge in [0.15, 0.2) is 0 Å². The van der Waals surface area contributed by atoms with Crippen LogP contribution in [0.25, 0.3) is 0 Å². The van der Waals surface area contributed by atoms with Crippen LogP contribution in [-0.4, -0.2) is 12.6 Å². The fourth-order valence-corrected chi connectivity index (χ4v) is 3.87. The lowest BCUT2D eigenvalue weighted by molar-refractivity contribution is 0.224. The number of rotatable bonds is 3. The Kier molecular flexibility index (Phi) is 4.16. The minimum Gasteiger partial charge on any atom is -0.314 e. The summed E-state index contributed by atoms with van der Waals surface area (Å²) in [6.07, 6.45) is 9.40. The molecule has 0 radical (unpaired) electrons. The van der Waals surface area contributed by atoms with Crippen molar-refractivity contribution in [2.24, 2.45) is 5.41 Å². The first-order valence-corrected chi connectivity index (χ1v) is 8.45. The van der Waals surface area contributed by atoms with Gasteiger partial charge in [-0.1, -0.05) is 38.1 Å². The molecule has 1 nitrogen and oxygen atoms in total. The molecule has 110 valence electrons. The van der Waals surface area contributed by atoms with E-state index in [0.717, 1.165) is 12.0 Å². The zero-order valence-electron chi connectivity index (χ0n) is 13.1. The van der Waals surface area contributed by atoms with E-state index in [4.69, 9.17) is 0 Å². The third kappa shape index (κ3) is 3.44. The van der Waals surface area contributed by atoms with E-state index in [-0.39, 0.29) is 0 Å². The van der Waals surface area contributed by atoms with Gasteiger partial charge >= 0.3 is 0 Å². The van der Waals surface area contributed by atoms with Crippen LogP contribution in [-0.2, 0) is 6.42 Å². The summed E-state index contributed by atoms with van der Waals surface area (Å²) in [4.78, 5) is 0. The lowest BCUT2D eigenvalue weighted by Gasteiger charge is -2.34. The van der Waals surface area contributed by atoms with E-state index in [1.807, 2.05) is 0 Å². The average molecular weight is 271 g/mol. The van der Waals surface area contributed by atoms with Crippen molar-refractivity contribution in [3.05, 3.63) is 35.4 Å². The molecule has 1 saturated carbocycles. The maximum atomic E-state index is 3.59. The number of nitrogens with one attached hydrogen (secondary N) is 1. The first-order valence-electron chi connectivity index (χ1n) is 8.45. The molecule has 0 aromatic heterocycles. The molecule has 1 atom stereocenters. The fourth-order valence-electron chi connectivity index (χ4n) is 3.87. The van der Waals surface area contributed by atoms with Gasteiger partial charge in [-0.25, -0.2) is 0 Å². The van der Waals surface area contributed by atoms with Gasteiger partial charge in [0.1, 0.15) is 0 Å². The predicted molar refractivity (Wildman–Crippen MR) is 86.2 cm³/mol. The second kappa shape index (κ2) is 5.89. The van der Waals surface area contributed by atoms with Crippen LogP contribution in [0.3, 0.4) is 0 Å². The molecule has 1 saturated heterocycles. The molecule has 1 aromatic rings. The van der Waals surface area contributed by atoms with E-state index < -0.39 is 0 Å². The van der Waals surface area contributed by atoms with Gasteiger partial charge in [-0.2, -0.15) is 0 Å². The first-order chi connectivity index (χ1) is 9.62. The van der Waals surface area contributed by atoms with Crippen LogP contribution in [0.5, 0.6) is 0 Å². The minimum atomic E-state index is 0.574. The third-order valence-electron chi connectivity index (χ3n) is 5.43. The van der Waals surface area contributed by atoms with Crippen molar-refractivity contribution in [1.29, 1.82) is 0 Å². The van der Waals surface area contributed by atoms with Gasteiger partial charge in [0.05, 0.1) is 0 Å². The van der Waals surface area contributed by atoms with E-state index >= 15 is 0 Å². The Labute approximate surface area is 124 Å². The molecular formula is C19H29N. The largest absolute Gasteiger partial charge is 0.314 e. The Morgan fingerprint density at radius 1 is 1.05 bits per heavy atom. The van der Waals surface area contributed by atoms with E-state index in [1.165, 1.54) is 57.1 Å². The van der Waals surface area contributed by atoms with E-state index in [2.05, 4.69) is 43.4 Å². The maximum absolute atomic E-state index is 3.59. The summed E-state index contributed by atoms with van der Waals surface area (Å²) in [5.41, 5.74) is 3.65. The molecule has 0 amide bonds. The monoisotopic (exact) mass is 271 g/mol. The number of benzene rings is 1. The van der Waals surface area contributed by atoms with Crippen LogP contribution < -0.4 is 5.32 Å². The summed E-state index contributed by atoms with van der Waals surface area (Å²) in [5, 5.41) is 3.59. The van der Waals surface area contributed by atoms with Crippen molar-refractivity contribution < 1.29 is 0 Å². The van der Waals surface area contributed by atoms with Crippen LogP contribution >= 0.6 is 0 Å². The van der Waals surface area contributed by atoms with E-state index in [1.54, 1.807) is 5.56 Å². The zero-order chi connectivity index (χ0) is 14.0. The highest BCUT2D eigenvalue weighted by Crippen LogP contribution is 2.42. The van der Waals surface area contributed by atoms with Crippen LogP contribution in [0.1, 0.15) is 69.4 Å². The Hall–Kier alpha value is -0.820. The van der Waals surface area contributed by atoms with Crippen LogP contribution in [0.4, 0.5) is 0 Å². The Morgan fingerprint density at radius 3 is 2.35 bits per heavy atom. The quantitative estimate of drug-likeness (QED) is 0.842. The van der Waals surface area contributed by atoms with Crippen LogP contribution in [0, 0.1) is 5.41 Å². The van der Waals surface area contributed by atoms with E-state index in [9.17, 15) is 0 Å². The molecular weight excluding hydrogens is 242 g/mol. The molecule has 1 aliphatic heterocycles. The molecule has 1 aromatic carbocycles. The first kappa shape index (κ1) is 14.1. The summed E-state index contributed by atoms with van der Waals surface area (Å²) in [7, 11) is 0. The van der Waals surface area contributed by atoms with Crippen molar-refractivity contribution in [2.75, 3.05) is 6.54 Å². The van der Waals surface area contributed by atoms with Gasteiger partial charge in [-0.15, -0.1) is 0 Å².